The van der Waals surface area contributed by atoms with Gasteiger partial charge in [0.15, 0.2) is 0 Å². The van der Waals surface area contributed by atoms with Crippen molar-refractivity contribution in [3.05, 3.63) is 18.0 Å². The maximum atomic E-state index is 4.30. The third kappa shape index (κ3) is 1.38. The molecule has 1 heterocycles. The molecule has 0 unspecified atom stereocenters. The lowest BCUT2D eigenvalue weighted by Crippen LogP contribution is -1.94. The van der Waals surface area contributed by atoms with Crippen LogP contribution in [0.4, 0.5) is 0 Å². The monoisotopic (exact) mass is 138 g/mol. The van der Waals surface area contributed by atoms with Crippen molar-refractivity contribution in [3.8, 4) is 0 Å². The Bertz CT molecular complexity index is 203. The van der Waals surface area contributed by atoms with E-state index in [2.05, 4.69) is 25.0 Å². The molecular formula is C8H14N2. The van der Waals surface area contributed by atoms with E-state index in [9.17, 15) is 0 Å². The lowest BCUT2D eigenvalue weighted by atomic mass is 10.1. The molecule has 2 heteroatoms. The quantitative estimate of drug-likeness (QED) is 0.610. The molecule has 10 heavy (non-hydrogen) atoms. The normalized spacial score (nSPS) is 13.5. The molecule has 0 N–H and O–H groups in total. The van der Waals surface area contributed by atoms with Crippen molar-refractivity contribution < 1.29 is 0 Å². The highest BCUT2D eigenvalue weighted by Gasteiger charge is 2.03. The molecular weight excluding hydrogens is 124 g/mol. The molecule has 2 nitrogen and oxygen atoms in total. The number of nitrogens with zero attached hydrogens (tertiary/aromatic N) is 2. The van der Waals surface area contributed by atoms with Crippen LogP contribution in [0, 0.1) is 0 Å². The zero-order chi connectivity index (χ0) is 7.56. The summed E-state index contributed by atoms with van der Waals surface area (Å²) in [6.07, 6.45) is 3.15. The van der Waals surface area contributed by atoms with Crippen molar-refractivity contribution in [2.75, 3.05) is 0 Å². The van der Waals surface area contributed by atoms with Crippen LogP contribution in [-0.4, -0.2) is 9.78 Å². The standard InChI is InChI=1S/C8H14N2/c1-4-7(2)8-5-6-10(3)9-8/h5-7H,4H2,1-3H3/t7-/m1/s1. The molecule has 0 fully saturated rings. The molecule has 0 radical (unpaired) electrons. The van der Waals surface area contributed by atoms with Crippen molar-refractivity contribution in [1.82, 2.24) is 9.78 Å². The second-order valence-corrected chi connectivity index (χ2v) is 2.72. The summed E-state index contributed by atoms with van der Waals surface area (Å²) in [7, 11) is 1.95. The van der Waals surface area contributed by atoms with Gasteiger partial charge in [-0.25, -0.2) is 0 Å². The van der Waals surface area contributed by atoms with Crippen LogP contribution in [-0.2, 0) is 7.05 Å². The Hall–Kier alpha value is -0.790. The first-order valence-corrected chi connectivity index (χ1v) is 3.73. The summed E-state index contributed by atoms with van der Waals surface area (Å²) in [5.74, 6) is 0.598. The van der Waals surface area contributed by atoms with Crippen LogP contribution in [0.3, 0.4) is 0 Å². The summed E-state index contributed by atoms with van der Waals surface area (Å²) >= 11 is 0. The number of aryl methyl sites for hydroxylation is 1. The summed E-state index contributed by atoms with van der Waals surface area (Å²) in [5, 5.41) is 4.30. The average Bonchev–Trinajstić information content (AvgIpc) is 2.34. The second kappa shape index (κ2) is 2.86. The maximum Gasteiger partial charge on any atom is 0.0652 e. The van der Waals surface area contributed by atoms with Gasteiger partial charge in [0, 0.05) is 13.2 Å². The fourth-order valence-corrected chi connectivity index (χ4v) is 0.905. The lowest BCUT2D eigenvalue weighted by Gasteiger charge is -2.01. The molecule has 0 saturated heterocycles. The second-order valence-electron chi connectivity index (χ2n) is 2.72. The molecule has 0 amide bonds. The van der Waals surface area contributed by atoms with E-state index in [1.165, 1.54) is 5.69 Å². The third-order valence-corrected chi connectivity index (χ3v) is 1.85. The Morgan fingerprint density at radius 1 is 1.70 bits per heavy atom. The van der Waals surface area contributed by atoms with Gasteiger partial charge in [-0.1, -0.05) is 13.8 Å². The van der Waals surface area contributed by atoms with Gasteiger partial charge in [0.1, 0.15) is 0 Å². The number of aromatic nitrogens is 2. The summed E-state index contributed by atoms with van der Waals surface area (Å²) in [5.41, 5.74) is 1.20. The minimum Gasteiger partial charge on any atom is -0.276 e. The van der Waals surface area contributed by atoms with Crippen molar-refractivity contribution in [2.45, 2.75) is 26.2 Å². The van der Waals surface area contributed by atoms with Crippen LogP contribution in [0.15, 0.2) is 12.3 Å². The maximum absolute atomic E-state index is 4.30. The zero-order valence-electron chi connectivity index (χ0n) is 6.83. The topological polar surface area (TPSA) is 17.8 Å². The van der Waals surface area contributed by atoms with Gasteiger partial charge in [0.25, 0.3) is 0 Å². The molecule has 0 aliphatic carbocycles. The Kier molecular flexibility index (Phi) is 2.10. The Morgan fingerprint density at radius 3 is 2.80 bits per heavy atom. The van der Waals surface area contributed by atoms with Gasteiger partial charge in [-0.2, -0.15) is 5.10 Å². The van der Waals surface area contributed by atoms with Crippen molar-refractivity contribution >= 4 is 0 Å². The first kappa shape index (κ1) is 7.32. The van der Waals surface area contributed by atoms with Gasteiger partial charge >= 0.3 is 0 Å². The zero-order valence-corrected chi connectivity index (χ0v) is 6.83. The number of hydrogen-bond acceptors (Lipinski definition) is 1. The summed E-state index contributed by atoms with van der Waals surface area (Å²) < 4.78 is 1.85. The highest BCUT2D eigenvalue weighted by Crippen LogP contribution is 2.14. The van der Waals surface area contributed by atoms with E-state index >= 15 is 0 Å². The first-order valence-electron chi connectivity index (χ1n) is 3.73. The van der Waals surface area contributed by atoms with Gasteiger partial charge in [0.05, 0.1) is 5.69 Å². The van der Waals surface area contributed by atoms with Crippen LogP contribution >= 0.6 is 0 Å². The summed E-state index contributed by atoms with van der Waals surface area (Å²) in [6, 6.07) is 2.08. The van der Waals surface area contributed by atoms with E-state index in [0.29, 0.717) is 5.92 Å². The molecule has 0 aliphatic heterocycles. The molecule has 0 saturated carbocycles. The highest BCUT2D eigenvalue weighted by atomic mass is 15.2. The van der Waals surface area contributed by atoms with Crippen molar-refractivity contribution in [1.29, 1.82) is 0 Å². The predicted molar refractivity (Wildman–Crippen MR) is 41.9 cm³/mol. The summed E-state index contributed by atoms with van der Waals surface area (Å²) in [6.45, 7) is 4.38. The Balaban J connectivity index is 2.74. The van der Waals surface area contributed by atoms with Crippen LogP contribution in [0.2, 0.25) is 0 Å². The van der Waals surface area contributed by atoms with E-state index in [4.69, 9.17) is 0 Å². The average molecular weight is 138 g/mol. The lowest BCUT2D eigenvalue weighted by molar-refractivity contribution is 0.665. The largest absolute Gasteiger partial charge is 0.276 e. The van der Waals surface area contributed by atoms with Gasteiger partial charge in [-0.05, 0) is 18.4 Å². The van der Waals surface area contributed by atoms with Gasteiger partial charge in [0.2, 0.25) is 0 Å². The molecule has 0 bridgehead atoms. The van der Waals surface area contributed by atoms with Crippen LogP contribution in [0.1, 0.15) is 31.9 Å². The van der Waals surface area contributed by atoms with E-state index in [1.807, 2.05) is 17.9 Å². The van der Waals surface area contributed by atoms with E-state index < -0.39 is 0 Å². The van der Waals surface area contributed by atoms with Gasteiger partial charge in [-0.3, -0.25) is 4.68 Å². The molecule has 1 rings (SSSR count). The molecule has 0 aliphatic rings. The SMILES string of the molecule is CC[C@@H](C)c1ccn(C)n1. The van der Waals surface area contributed by atoms with Crippen LogP contribution in [0.5, 0.6) is 0 Å². The van der Waals surface area contributed by atoms with Crippen molar-refractivity contribution in [2.24, 2.45) is 7.05 Å². The third-order valence-electron chi connectivity index (χ3n) is 1.85. The molecule has 0 spiro atoms. The van der Waals surface area contributed by atoms with E-state index in [1.54, 1.807) is 0 Å². The molecule has 1 atom stereocenters. The number of hydrogen-bond donors (Lipinski definition) is 0. The predicted octanol–water partition coefficient (Wildman–Crippen LogP) is 1.93. The van der Waals surface area contributed by atoms with Crippen molar-refractivity contribution in [3.63, 3.8) is 0 Å². The fraction of sp³-hybridized carbons (Fsp3) is 0.625. The van der Waals surface area contributed by atoms with Crippen LogP contribution in [0.25, 0.3) is 0 Å². The Labute approximate surface area is 61.9 Å². The van der Waals surface area contributed by atoms with E-state index in [-0.39, 0.29) is 0 Å². The van der Waals surface area contributed by atoms with Crippen LogP contribution < -0.4 is 0 Å². The molecule has 1 aromatic heterocycles. The molecule has 0 aromatic carbocycles. The minimum absolute atomic E-state index is 0.598. The Morgan fingerprint density at radius 2 is 2.40 bits per heavy atom. The minimum atomic E-state index is 0.598. The molecule has 1 aromatic rings. The van der Waals surface area contributed by atoms with Gasteiger partial charge < -0.3 is 0 Å². The van der Waals surface area contributed by atoms with E-state index in [0.717, 1.165) is 6.42 Å². The smallest absolute Gasteiger partial charge is 0.0652 e. The highest BCUT2D eigenvalue weighted by molar-refractivity contribution is 5.04. The van der Waals surface area contributed by atoms with Gasteiger partial charge in [-0.15, -0.1) is 0 Å². The summed E-state index contributed by atoms with van der Waals surface area (Å²) in [4.78, 5) is 0. The molecule has 56 valence electrons. The number of rotatable bonds is 2. The fourth-order valence-electron chi connectivity index (χ4n) is 0.905. The first-order chi connectivity index (χ1) is 4.74.